The lowest BCUT2D eigenvalue weighted by molar-refractivity contribution is -0.131. The molecule has 1 fully saturated rings. The Bertz CT molecular complexity index is 213. The number of piperidine rings is 1. The van der Waals surface area contributed by atoms with Crippen molar-refractivity contribution < 1.29 is 9.53 Å². The number of nitrogens with one attached hydrogen (secondary N) is 2. The van der Waals surface area contributed by atoms with Crippen molar-refractivity contribution in [2.24, 2.45) is 5.41 Å². The maximum Gasteiger partial charge on any atom is 0.227 e. The summed E-state index contributed by atoms with van der Waals surface area (Å²) in [4.78, 5) is 12.0. The molecule has 1 atom stereocenters. The van der Waals surface area contributed by atoms with E-state index in [-0.39, 0.29) is 11.3 Å². The zero-order chi connectivity index (χ0) is 11.9. The van der Waals surface area contributed by atoms with E-state index in [1.165, 1.54) is 0 Å². The molecule has 1 aliphatic heterocycles. The molecule has 1 heterocycles. The first kappa shape index (κ1) is 13.5. The summed E-state index contributed by atoms with van der Waals surface area (Å²) in [7, 11) is 1.70. The van der Waals surface area contributed by atoms with Crippen molar-refractivity contribution in [3.8, 4) is 0 Å². The first-order chi connectivity index (χ1) is 7.69. The fraction of sp³-hybridized carbons (Fsp3) is 0.917. The van der Waals surface area contributed by atoms with Gasteiger partial charge >= 0.3 is 0 Å². The molecule has 16 heavy (non-hydrogen) atoms. The van der Waals surface area contributed by atoms with Gasteiger partial charge in [-0.25, -0.2) is 0 Å². The van der Waals surface area contributed by atoms with Crippen molar-refractivity contribution in [3.05, 3.63) is 0 Å². The minimum Gasteiger partial charge on any atom is -0.385 e. The molecule has 0 aromatic heterocycles. The standard InChI is InChI=1S/C12H24N2O2/c1-12(6-5-7-13-10-12)11(15)14-8-3-4-9-16-2/h13H,3-10H2,1-2H3,(H,14,15). The highest BCUT2D eigenvalue weighted by Crippen LogP contribution is 2.25. The van der Waals surface area contributed by atoms with Gasteiger partial charge in [-0.15, -0.1) is 0 Å². The third-order valence-corrected chi connectivity index (χ3v) is 3.21. The number of carbonyl (C=O) groups is 1. The van der Waals surface area contributed by atoms with Crippen LogP contribution in [0.5, 0.6) is 0 Å². The largest absolute Gasteiger partial charge is 0.385 e. The third-order valence-electron chi connectivity index (χ3n) is 3.21. The lowest BCUT2D eigenvalue weighted by Crippen LogP contribution is -2.48. The Balaban J connectivity index is 2.18. The van der Waals surface area contributed by atoms with E-state index in [0.717, 1.165) is 51.9 Å². The first-order valence-corrected chi connectivity index (χ1v) is 6.17. The summed E-state index contributed by atoms with van der Waals surface area (Å²) in [6.45, 7) is 5.42. The number of rotatable bonds is 6. The van der Waals surface area contributed by atoms with Crippen LogP contribution in [0.2, 0.25) is 0 Å². The summed E-state index contributed by atoms with van der Waals surface area (Å²) < 4.78 is 4.96. The van der Waals surface area contributed by atoms with Gasteiger partial charge in [0.1, 0.15) is 0 Å². The van der Waals surface area contributed by atoms with Gasteiger partial charge in [0.05, 0.1) is 5.41 Å². The predicted octanol–water partition coefficient (Wildman–Crippen LogP) is 0.919. The van der Waals surface area contributed by atoms with E-state index in [1.807, 2.05) is 6.92 Å². The van der Waals surface area contributed by atoms with E-state index in [1.54, 1.807) is 7.11 Å². The molecule has 1 unspecified atom stereocenters. The fourth-order valence-corrected chi connectivity index (χ4v) is 2.04. The van der Waals surface area contributed by atoms with Crippen LogP contribution in [0.1, 0.15) is 32.6 Å². The van der Waals surface area contributed by atoms with Crippen LogP contribution in [0.3, 0.4) is 0 Å². The molecule has 0 bridgehead atoms. The second-order valence-corrected chi connectivity index (χ2v) is 4.80. The van der Waals surface area contributed by atoms with E-state index < -0.39 is 0 Å². The van der Waals surface area contributed by atoms with Crippen molar-refractivity contribution >= 4 is 5.91 Å². The van der Waals surface area contributed by atoms with Crippen molar-refractivity contribution in [2.45, 2.75) is 32.6 Å². The summed E-state index contributed by atoms with van der Waals surface area (Å²) >= 11 is 0. The smallest absolute Gasteiger partial charge is 0.227 e. The molecule has 94 valence electrons. The van der Waals surface area contributed by atoms with E-state index in [2.05, 4.69) is 10.6 Å². The summed E-state index contributed by atoms with van der Waals surface area (Å²) in [6.07, 6.45) is 4.08. The summed E-state index contributed by atoms with van der Waals surface area (Å²) in [6, 6.07) is 0. The van der Waals surface area contributed by atoms with E-state index >= 15 is 0 Å². The van der Waals surface area contributed by atoms with Crippen molar-refractivity contribution in [1.29, 1.82) is 0 Å². The lowest BCUT2D eigenvalue weighted by atomic mass is 9.82. The maximum atomic E-state index is 12.0. The highest BCUT2D eigenvalue weighted by Gasteiger charge is 2.33. The normalized spacial score (nSPS) is 25.4. The molecular formula is C12H24N2O2. The van der Waals surface area contributed by atoms with Gasteiger partial charge in [-0.1, -0.05) is 0 Å². The van der Waals surface area contributed by atoms with Crippen molar-refractivity contribution in [2.75, 3.05) is 33.4 Å². The average molecular weight is 228 g/mol. The summed E-state index contributed by atoms with van der Waals surface area (Å²) in [5.41, 5.74) is -0.209. The number of methoxy groups -OCH3 is 1. The number of ether oxygens (including phenoxy) is 1. The maximum absolute atomic E-state index is 12.0. The quantitative estimate of drug-likeness (QED) is 0.665. The second kappa shape index (κ2) is 6.86. The minimum atomic E-state index is -0.209. The average Bonchev–Trinajstić information content (AvgIpc) is 2.29. The molecule has 0 aromatic carbocycles. The molecular weight excluding hydrogens is 204 g/mol. The van der Waals surface area contributed by atoms with E-state index in [0.29, 0.717) is 0 Å². The zero-order valence-electron chi connectivity index (χ0n) is 10.5. The number of hydrogen-bond acceptors (Lipinski definition) is 3. The molecule has 0 saturated carbocycles. The Morgan fingerprint density at radius 1 is 1.50 bits per heavy atom. The fourth-order valence-electron chi connectivity index (χ4n) is 2.04. The molecule has 1 saturated heterocycles. The summed E-state index contributed by atoms with van der Waals surface area (Å²) in [5, 5.41) is 6.30. The first-order valence-electron chi connectivity index (χ1n) is 6.17. The molecule has 0 aromatic rings. The van der Waals surface area contributed by atoms with Gasteiger partial charge in [-0.3, -0.25) is 4.79 Å². The second-order valence-electron chi connectivity index (χ2n) is 4.80. The number of hydrogen-bond donors (Lipinski definition) is 2. The molecule has 1 aliphatic rings. The number of unbranched alkanes of at least 4 members (excludes halogenated alkanes) is 1. The Labute approximate surface area is 98.1 Å². The van der Waals surface area contributed by atoms with Gasteiger partial charge in [0.15, 0.2) is 0 Å². The molecule has 4 heteroatoms. The molecule has 0 spiro atoms. The lowest BCUT2D eigenvalue weighted by Gasteiger charge is -2.32. The highest BCUT2D eigenvalue weighted by atomic mass is 16.5. The zero-order valence-corrected chi connectivity index (χ0v) is 10.5. The van der Waals surface area contributed by atoms with Crippen LogP contribution in [0.25, 0.3) is 0 Å². The Morgan fingerprint density at radius 2 is 2.31 bits per heavy atom. The third kappa shape index (κ3) is 4.10. The van der Waals surface area contributed by atoms with Crippen LogP contribution < -0.4 is 10.6 Å². The predicted molar refractivity (Wildman–Crippen MR) is 64.3 cm³/mol. The van der Waals surface area contributed by atoms with Gasteiger partial charge in [0, 0.05) is 26.8 Å². The van der Waals surface area contributed by atoms with Crippen LogP contribution in [-0.4, -0.2) is 39.3 Å². The summed E-state index contributed by atoms with van der Waals surface area (Å²) in [5.74, 6) is 0.192. The highest BCUT2D eigenvalue weighted by molar-refractivity contribution is 5.82. The van der Waals surface area contributed by atoms with Crippen LogP contribution in [0.4, 0.5) is 0 Å². The van der Waals surface area contributed by atoms with Crippen LogP contribution in [0, 0.1) is 5.41 Å². The topological polar surface area (TPSA) is 50.4 Å². The van der Waals surface area contributed by atoms with Gasteiger partial charge in [0.25, 0.3) is 0 Å². The van der Waals surface area contributed by atoms with Crippen LogP contribution in [-0.2, 0) is 9.53 Å². The Hall–Kier alpha value is -0.610. The van der Waals surface area contributed by atoms with Gasteiger partial charge in [-0.05, 0) is 39.2 Å². The SMILES string of the molecule is COCCCCNC(=O)C1(C)CCCNC1. The van der Waals surface area contributed by atoms with Gasteiger partial charge in [-0.2, -0.15) is 0 Å². The van der Waals surface area contributed by atoms with Crippen molar-refractivity contribution in [3.63, 3.8) is 0 Å². The minimum absolute atomic E-state index is 0.192. The van der Waals surface area contributed by atoms with Crippen LogP contribution >= 0.6 is 0 Å². The van der Waals surface area contributed by atoms with Crippen LogP contribution in [0.15, 0.2) is 0 Å². The number of carbonyl (C=O) groups excluding carboxylic acids is 1. The Kier molecular flexibility index (Phi) is 5.77. The molecule has 0 aliphatic carbocycles. The number of amides is 1. The molecule has 2 N–H and O–H groups in total. The van der Waals surface area contributed by atoms with Crippen molar-refractivity contribution in [1.82, 2.24) is 10.6 Å². The molecule has 1 rings (SSSR count). The van der Waals surface area contributed by atoms with E-state index in [4.69, 9.17) is 4.74 Å². The van der Waals surface area contributed by atoms with Gasteiger partial charge in [0.2, 0.25) is 5.91 Å². The monoisotopic (exact) mass is 228 g/mol. The molecule has 4 nitrogen and oxygen atoms in total. The van der Waals surface area contributed by atoms with E-state index in [9.17, 15) is 4.79 Å². The Morgan fingerprint density at radius 3 is 2.94 bits per heavy atom. The van der Waals surface area contributed by atoms with Gasteiger partial charge < -0.3 is 15.4 Å². The molecule has 0 radical (unpaired) electrons. The molecule has 1 amide bonds.